The van der Waals surface area contributed by atoms with E-state index in [4.69, 9.17) is 9.47 Å². The molecule has 0 aliphatic carbocycles. The lowest BCUT2D eigenvalue weighted by molar-refractivity contribution is 0.165. The van der Waals surface area contributed by atoms with E-state index in [1.165, 1.54) is 0 Å². The Morgan fingerprint density at radius 2 is 1.65 bits per heavy atom. The summed E-state index contributed by atoms with van der Waals surface area (Å²) in [6.07, 6.45) is 1.58. The zero-order valence-electron chi connectivity index (χ0n) is 11.4. The first-order valence-electron chi connectivity index (χ1n) is 6.52. The molecule has 0 atom stereocenters. The van der Waals surface area contributed by atoms with E-state index < -0.39 is 0 Å². The van der Waals surface area contributed by atoms with Gasteiger partial charge in [-0.2, -0.15) is 0 Å². The predicted octanol–water partition coefficient (Wildman–Crippen LogP) is 4.45. The second kappa shape index (κ2) is 7.19. The minimum absolute atomic E-state index is 0.452. The highest BCUT2D eigenvalue weighted by Gasteiger charge is 2.04. The lowest BCUT2D eigenvalue weighted by Gasteiger charge is -2.12. The molecular formula is C18H18O2. The Morgan fingerprint density at radius 1 is 0.950 bits per heavy atom. The highest BCUT2D eigenvalue weighted by atomic mass is 16.5. The van der Waals surface area contributed by atoms with Gasteiger partial charge in [0.2, 0.25) is 0 Å². The quantitative estimate of drug-likeness (QED) is 0.419. The molecule has 0 amide bonds. The fraction of sp³-hybridized carbons (Fsp3) is 0.111. The molecule has 2 heteroatoms. The molecule has 0 aromatic heterocycles. The van der Waals surface area contributed by atoms with Crippen LogP contribution < -0.4 is 4.74 Å². The van der Waals surface area contributed by atoms with Gasteiger partial charge < -0.3 is 9.47 Å². The van der Waals surface area contributed by atoms with Gasteiger partial charge in [0, 0.05) is 5.56 Å². The van der Waals surface area contributed by atoms with Crippen LogP contribution in [-0.2, 0) is 4.74 Å². The maximum atomic E-state index is 5.79. The van der Waals surface area contributed by atoms with E-state index in [-0.39, 0.29) is 0 Å². The first kappa shape index (κ1) is 13.9. The monoisotopic (exact) mass is 266 g/mol. The van der Waals surface area contributed by atoms with Crippen molar-refractivity contribution in [2.75, 3.05) is 13.2 Å². The van der Waals surface area contributed by atoms with Crippen LogP contribution in [0.2, 0.25) is 0 Å². The summed E-state index contributed by atoms with van der Waals surface area (Å²) in [5.74, 6) is 1.41. The highest BCUT2D eigenvalue weighted by Crippen LogP contribution is 2.29. The lowest BCUT2D eigenvalue weighted by atomic mass is 10.1. The molecule has 2 rings (SSSR count). The summed E-state index contributed by atoms with van der Waals surface area (Å²) < 4.78 is 11.1. The molecule has 0 spiro atoms. The molecule has 2 nitrogen and oxygen atoms in total. The maximum absolute atomic E-state index is 5.79. The van der Waals surface area contributed by atoms with E-state index in [0.29, 0.717) is 19.0 Å². The summed E-state index contributed by atoms with van der Waals surface area (Å²) in [5, 5.41) is 0. The van der Waals surface area contributed by atoms with Crippen LogP contribution in [0.4, 0.5) is 0 Å². The van der Waals surface area contributed by atoms with Crippen molar-refractivity contribution < 1.29 is 9.47 Å². The number of hydrogen-bond donors (Lipinski definition) is 0. The third-order valence-electron chi connectivity index (χ3n) is 2.83. The van der Waals surface area contributed by atoms with Crippen molar-refractivity contribution in [1.29, 1.82) is 0 Å². The third-order valence-corrected chi connectivity index (χ3v) is 2.83. The van der Waals surface area contributed by atoms with Crippen LogP contribution in [0.25, 0.3) is 11.1 Å². The Balaban J connectivity index is 2.02. The predicted molar refractivity (Wildman–Crippen MR) is 82.7 cm³/mol. The Bertz CT molecular complexity index is 573. The van der Waals surface area contributed by atoms with Gasteiger partial charge in [-0.25, -0.2) is 0 Å². The first-order chi connectivity index (χ1) is 9.81. The van der Waals surface area contributed by atoms with Crippen molar-refractivity contribution in [3.63, 3.8) is 0 Å². The van der Waals surface area contributed by atoms with Crippen LogP contribution in [-0.4, -0.2) is 13.2 Å². The number of ether oxygens (including phenoxy) is 2. The van der Waals surface area contributed by atoms with Gasteiger partial charge in [0.25, 0.3) is 0 Å². The van der Waals surface area contributed by atoms with Crippen molar-refractivity contribution in [2.45, 2.75) is 0 Å². The summed E-state index contributed by atoms with van der Waals surface area (Å²) in [6, 6.07) is 18.2. The zero-order chi connectivity index (χ0) is 14.2. The summed E-state index contributed by atoms with van der Waals surface area (Å²) in [7, 11) is 0. The minimum atomic E-state index is 0.452. The van der Waals surface area contributed by atoms with E-state index in [1.807, 2.05) is 42.5 Å². The second-order valence-corrected chi connectivity index (χ2v) is 4.23. The third kappa shape index (κ3) is 3.75. The lowest BCUT2D eigenvalue weighted by Crippen LogP contribution is -2.06. The second-order valence-electron chi connectivity index (χ2n) is 4.23. The van der Waals surface area contributed by atoms with Crippen LogP contribution in [0, 0.1) is 0 Å². The molecule has 0 radical (unpaired) electrons. The van der Waals surface area contributed by atoms with Crippen LogP contribution in [0.3, 0.4) is 0 Å². The van der Waals surface area contributed by atoms with Crippen molar-refractivity contribution in [3.8, 4) is 16.9 Å². The smallest absolute Gasteiger partial charge is 0.127 e. The van der Waals surface area contributed by atoms with E-state index in [9.17, 15) is 0 Å². The molecule has 0 saturated carbocycles. The van der Waals surface area contributed by atoms with E-state index in [1.54, 1.807) is 6.08 Å². The molecule has 0 aliphatic heterocycles. The molecule has 0 heterocycles. The molecule has 20 heavy (non-hydrogen) atoms. The van der Waals surface area contributed by atoms with Crippen LogP contribution in [0.1, 0.15) is 0 Å². The van der Waals surface area contributed by atoms with Crippen LogP contribution >= 0.6 is 0 Å². The van der Waals surface area contributed by atoms with Crippen molar-refractivity contribution in [2.24, 2.45) is 0 Å². The fourth-order valence-corrected chi connectivity index (χ4v) is 1.83. The fourth-order valence-electron chi connectivity index (χ4n) is 1.83. The summed E-state index contributed by atoms with van der Waals surface area (Å²) in [4.78, 5) is 0. The largest absolute Gasteiger partial charge is 0.491 e. The van der Waals surface area contributed by atoms with Crippen molar-refractivity contribution in [1.82, 2.24) is 0 Å². The van der Waals surface area contributed by atoms with Crippen molar-refractivity contribution >= 4 is 0 Å². The van der Waals surface area contributed by atoms with Gasteiger partial charge in [0.1, 0.15) is 24.7 Å². The first-order valence-corrected chi connectivity index (χ1v) is 6.52. The van der Waals surface area contributed by atoms with Gasteiger partial charge >= 0.3 is 0 Å². The molecule has 2 aromatic carbocycles. The van der Waals surface area contributed by atoms with E-state index >= 15 is 0 Å². The standard InChI is InChI=1S/C18H18O2/c1-3-15(2)19-13-14-20-18-12-8-7-11-17(18)16-9-5-4-6-10-16/h3-12H,1-2,13-14H2. The number of hydrogen-bond acceptors (Lipinski definition) is 2. The molecule has 0 aliphatic rings. The van der Waals surface area contributed by atoms with E-state index in [2.05, 4.69) is 25.3 Å². The van der Waals surface area contributed by atoms with Crippen LogP contribution in [0.15, 0.2) is 79.6 Å². The molecule has 102 valence electrons. The normalized spacial score (nSPS) is 9.80. The SMILES string of the molecule is C=CC(=C)OCCOc1ccccc1-c1ccccc1. The maximum Gasteiger partial charge on any atom is 0.127 e. The average Bonchev–Trinajstić information content (AvgIpc) is 2.52. The molecule has 0 bridgehead atoms. The number of rotatable bonds is 7. The topological polar surface area (TPSA) is 18.5 Å². The molecular weight excluding hydrogens is 248 g/mol. The van der Waals surface area contributed by atoms with Gasteiger partial charge in [-0.3, -0.25) is 0 Å². The molecule has 0 saturated heterocycles. The summed E-state index contributed by atoms with van der Waals surface area (Å²) in [6.45, 7) is 8.19. The average molecular weight is 266 g/mol. The Morgan fingerprint density at radius 3 is 2.40 bits per heavy atom. The Hall–Kier alpha value is -2.48. The van der Waals surface area contributed by atoms with Gasteiger partial charge in [-0.1, -0.05) is 61.7 Å². The van der Waals surface area contributed by atoms with Crippen LogP contribution in [0.5, 0.6) is 5.75 Å². The molecule has 2 aromatic rings. The van der Waals surface area contributed by atoms with Crippen molar-refractivity contribution in [3.05, 3.63) is 79.6 Å². The molecule has 0 fully saturated rings. The molecule has 0 unspecified atom stereocenters. The minimum Gasteiger partial charge on any atom is -0.491 e. The van der Waals surface area contributed by atoms with Gasteiger partial charge in [-0.15, -0.1) is 0 Å². The number of benzene rings is 2. The summed E-state index contributed by atoms with van der Waals surface area (Å²) >= 11 is 0. The Labute approximate surface area is 120 Å². The zero-order valence-corrected chi connectivity index (χ0v) is 11.4. The Kier molecular flexibility index (Phi) is 5.01. The van der Waals surface area contributed by atoms with Gasteiger partial charge in [-0.05, 0) is 17.7 Å². The number of para-hydroxylation sites is 1. The highest BCUT2D eigenvalue weighted by molar-refractivity contribution is 5.70. The molecule has 0 N–H and O–H groups in total. The van der Waals surface area contributed by atoms with Gasteiger partial charge in [0.15, 0.2) is 0 Å². The number of allylic oxidation sites excluding steroid dienone is 1. The van der Waals surface area contributed by atoms with Gasteiger partial charge in [0.05, 0.1) is 0 Å². The summed E-state index contributed by atoms with van der Waals surface area (Å²) in [5.41, 5.74) is 2.22. The van der Waals surface area contributed by atoms with E-state index in [0.717, 1.165) is 16.9 Å².